The van der Waals surface area contributed by atoms with E-state index in [1.54, 1.807) is 33.2 Å². The molecular formula is C16H24N4O5. The third kappa shape index (κ3) is 6.18. The van der Waals surface area contributed by atoms with Crippen LogP contribution < -0.4 is 10.2 Å². The number of carboxylic acid groups (broad SMARTS) is 1. The first-order valence-corrected chi connectivity index (χ1v) is 8.10. The lowest BCUT2D eigenvalue weighted by atomic mass is 10.1. The molecule has 1 aliphatic heterocycles. The van der Waals surface area contributed by atoms with E-state index in [9.17, 15) is 14.7 Å². The first-order chi connectivity index (χ1) is 11.7. The van der Waals surface area contributed by atoms with Gasteiger partial charge in [0.05, 0.1) is 13.2 Å². The number of carboxylic acids is 1. The maximum absolute atomic E-state index is 11.8. The molecular weight excluding hydrogens is 328 g/mol. The molecule has 25 heavy (non-hydrogen) atoms. The summed E-state index contributed by atoms with van der Waals surface area (Å²) < 4.78 is 10.4. The monoisotopic (exact) mass is 352 g/mol. The molecule has 1 aliphatic rings. The van der Waals surface area contributed by atoms with Crippen molar-refractivity contribution in [1.29, 1.82) is 0 Å². The molecule has 1 fully saturated rings. The Balaban J connectivity index is 1.97. The second kappa shape index (κ2) is 8.11. The Morgan fingerprint density at radius 3 is 2.44 bits per heavy atom. The summed E-state index contributed by atoms with van der Waals surface area (Å²) in [6.45, 7) is 7.83. The van der Waals surface area contributed by atoms with Crippen LogP contribution in [0.3, 0.4) is 0 Å². The Hall–Kier alpha value is -2.42. The number of amides is 1. The van der Waals surface area contributed by atoms with Crippen molar-refractivity contribution in [3.63, 3.8) is 0 Å². The van der Waals surface area contributed by atoms with Crippen LogP contribution in [0.4, 0.5) is 10.7 Å². The van der Waals surface area contributed by atoms with Gasteiger partial charge in [-0.05, 0) is 26.3 Å². The predicted molar refractivity (Wildman–Crippen MR) is 89.6 cm³/mol. The predicted octanol–water partition coefficient (Wildman–Crippen LogP) is 0.834. The van der Waals surface area contributed by atoms with Gasteiger partial charge in [-0.2, -0.15) is 0 Å². The van der Waals surface area contributed by atoms with Crippen molar-refractivity contribution in [3.8, 4) is 0 Å². The molecule has 1 saturated heterocycles. The van der Waals surface area contributed by atoms with Gasteiger partial charge in [-0.1, -0.05) is 0 Å². The van der Waals surface area contributed by atoms with Crippen molar-refractivity contribution in [2.75, 3.05) is 31.2 Å². The zero-order valence-corrected chi connectivity index (χ0v) is 14.7. The topological polar surface area (TPSA) is 114 Å². The van der Waals surface area contributed by atoms with Gasteiger partial charge < -0.3 is 24.8 Å². The molecule has 2 N–H and O–H groups in total. The van der Waals surface area contributed by atoms with E-state index in [1.807, 2.05) is 4.90 Å². The molecule has 2 rings (SSSR count). The summed E-state index contributed by atoms with van der Waals surface area (Å²) >= 11 is 0. The fourth-order valence-corrected chi connectivity index (χ4v) is 2.27. The van der Waals surface area contributed by atoms with Gasteiger partial charge in [0, 0.05) is 31.9 Å². The van der Waals surface area contributed by atoms with E-state index in [0.29, 0.717) is 24.7 Å². The van der Waals surface area contributed by atoms with Crippen LogP contribution in [-0.2, 0) is 20.7 Å². The number of aromatic nitrogens is 2. The Morgan fingerprint density at radius 2 is 1.92 bits per heavy atom. The van der Waals surface area contributed by atoms with Crippen molar-refractivity contribution in [2.45, 2.75) is 38.8 Å². The molecule has 2 heterocycles. The highest BCUT2D eigenvalue weighted by atomic mass is 16.6. The normalized spacial score (nSPS) is 16.2. The molecule has 0 saturated carbocycles. The van der Waals surface area contributed by atoms with Crippen LogP contribution in [0.2, 0.25) is 0 Å². The van der Waals surface area contributed by atoms with Crippen molar-refractivity contribution < 1.29 is 24.2 Å². The number of nitrogens with zero attached hydrogens (tertiary/aromatic N) is 3. The molecule has 1 atom stereocenters. The number of hydrogen-bond donors (Lipinski definition) is 2. The van der Waals surface area contributed by atoms with Gasteiger partial charge in [0.1, 0.15) is 11.6 Å². The van der Waals surface area contributed by atoms with Crippen LogP contribution in [0.5, 0.6) is 0 Å². The average Bonchev–Trinajstić information content (AvgIpc) is 2.54. The molecule has 9 nitrogen and oxygen atoms in total. The summed E-state index contributed by atoms with van der Waals surface area (Å²) in [5.74, 6) is -0.567. The highest BCUT2D eigenvalue weighted by Crippen LogP contribution is 2.11. The lowest BCUT2D eigenvalue weighted by molar-refractivity contribution is -0.139. The van der Waals surface area contributed by atoms with E-state index in [4.69, 9.17) is 9.47 Å². The van der Waals surface area contributed by atoms with Crippen molar-refractivity contribution in [2.24, 2.45) is 0 Å². The SMILES string of the molecule is CC(C)(C)OC(=O)NC(Cc1cnc(N2CCOCC2)nc1)C(=O)O. The summed E-state index contributed by atoms with van der Waals surface area (Å²) in [4.78, 5) is 33.7. The Bertz CT molecular complexity index is 594. The summed E-state index contributed by atoms with van der Waals surface area (Å²) in [7, 11) is 0. The van der Waals surface area contributed by atoms with Crippen LogP contribution in [0.15, 0.2) is 12.4 Å². The standard InChI is InChI=1S/C16H24N4O5/c1-16(2,3)25-15(23)19-12(13(21)22)8-11-9-17-14(18-10-11)20-4-6-24-7-5-20/h9-10,12H,4-8H2,1-3H3,(H,19,23)(H,21,22). The van der Waals surface area contributed by atoms with E-state index < -0.39 is 23.7 Å². The van der Waals surface area contributed by atoms with Gasteiger partial charge in [0.2, 0.25) is 5.95 Å². The maximum Gasteiger partial charge on any atom is 0.408 e. The minimum absolute atomic E-state index is 0.0674. The molecule has 0 aromatic carbocycles. The van der Waals surface area contributed by atoms with Crippen molar-refractivity contribution >= 4 is 18.0 Å². The number of anilines is 1. The number of hydrogen-bond acceptors (Lipinski definition) is 7. The summed E-state index contributed by atoms with van der Waals surface area (Å²) in [6.07, 6.45) is 2.44. The summed E-state index contributed by atoms with van der Waals surface area (Å²) in [6, 6.07) is -1.12. The third-order valence-electron chi connectivity index (χ3n) is 3.41. The second-order valence-corrected chi connectivity index (χ2v) is 6.73. The Kier molecular flexibility index (Phi) is 6.13. The molecule has 9 heteroatoms. The fraction of sp³-hybridized carbons (Fsp3) is 0.625. The number of nitrogens with one attached hydrogen (secondary N) is 1. The lowest BCUT2D eigenvalue weighted by Crippen LogP contribution is -2.44. The van der Waals surface area contributed by atoms with Gasteiger partial charge in [-0.3, -0.25) is 0 Å². The van der Waals surface area contributed by atoms with Crippen molar-refractivity contribution in [3.05, 3.63) is 18.0 Å². The number of alkyl carbamates (subject to hydrolysis) is 1. The number of ether oxygens (including phenoxy) is 2. The average molecular weight is 352 g/mol. The molecule has 138 valence electrons. The quantitative estimate of drug-likeness (QED) is 0.801. The third-order valence-corrected chi connectivity index (χ3v) is 3.41. The molecule has 1 unspecified atom stereocenters. The number of carbonyl (C=O) groups is 2. The molecule has 0 bridgehead atoms. The van der Waals surface area contributed by atoms with Crippen LogP contribution in [0.1, 0.15) is 26.3 Å². The van der Waals surface area contributed by atoms with Crippen LogP contribution in [-0.4, -0.2) is 65.1 Å². The molecule has 0 aliphatic carbocycles. The zero-order chi connectivity index (χ0) is 18.4. The number of aliphatic carboxylic acids is 1. The fourth-order valence-electron chi connectivity index (χ4n) is 2.27. The van der Waals surface area contributed by atoms with E-state index in [2.05, 4.69) is 15.3 Å². The van der Waals surface area contributed by atoms with Crippen molar-refractivity contribution in [1.82, 2.24) is 15.3 Å². The molecule has 0 spiro atoms. The highest BCUT2D eigenvalue weighted by molar-refractivity contribution is 5.80. The minimum Gasteiger partial charge on any atom is -0.480 e. The molecule has 1 aromatic rings. The lowest BCUT2D eigenvalue weighted by Gasteiger charge is -2.26. The molecule has 0 radical (unpaired) electrons. The van der Waals surface area contributed by atoms with E-state index in [-0.39, 0.29) is 6.42 Å². The van der Waals surface area contributed by atoms with Gasteiger partial charge in [0.25, 0.3) is 0 Å². The largest absolute Gasteiger partial charge is 0.480 e. The molecule has 1 amide bonds. The summed E-state index contributed by atoms with van der Waals surface area (Å²) in [5, 5.41) is 11.7. The van der Waals surface area contributed by atoms with Gasteiger partial charge in [-0.15, -0.1) is 0 Å². The van der Waals surface area contributed by atoms with Gasteiger partial charge >= 0.3 is 12.1 Å². The highest BCUT2D eigenvalue weighted by Gasteiger charge is 2.24. The van der Waals surface area contributed by atoms with Gasteiger partial charge in [-0.25, -0.2) is 19.6 Å². The van der Waals surface area contributed by atoms with Crippen LogP contribution >= 0.6 is 0 Å². The first-order valence-electron chi connectivity index (χ1n) is 8.10. The Labute approximate surface area is 146 Å². The first kappa shape index (κ1) is 18.9. The van der Waals surface area contributed by atoms with E-state index in [0.717, 1.165) is 13.1 Å². The van der Waals surface area contributed by atoms with Gasteiger partial charge in [0.15, 0.2) is 0 Å². The number of carbonyl (C=O) groups excluding carboxylic acids is 1. The molecule has 1 aromatic heterocycles. The second-order valence-electron chi connectivity index (χ2n) is 6.73. The number of rotatable bonds is 5. The van der Waals surface area contributed by atoms with Crippen LogP contribution in [0, 0.1) is 0 Å². The Morgan fingerprint density at radius 1 is 1.32 bits per heavy atom. The van der Waals surface area contributed by atoms with E-state index in [1.165, 1.54) is 0 Å². The zero-order valence-electron chi connectivity index (χ0n) is 14.7. The van der Waals surface area contributed by atoms with Crippen LogP contribution in [0.25, 0.3) is 0 Å². The maximum atomic E-state index is 11.8. The summed E-state index contributed by atoms with van der Waals surface area (Å²) in [5.41, 5.74) is -0.0868. The smallest absolute Gasteiger partial charge is 0.408 e. The van der Waals surface area contributed by atoms with E-state index >= 15 is 0 Å². The number of morpholine rings is 1. The minimum atomic E-state index is -1.15.